The molecule has 0 radical (unpaired) electrons. The number of piperidine rings is 1. The van der Waals surface area contributed by atoms with Gasteiger partial charge in [-0.3, -0.25) is 4.79 Å². The Balaban J connectivity index is 1.62. The molecule has 1 aliphatic rings. The highest BCUT2D eigenvalue weighted by atomic mass is 32.2. The van der Waals surface area contributed by atoms with E-state index in [-0.39, 0.29) is 41.8 Å². The molecule has 3 rings (SSSR count). The first kappa shape index (κ1) is 23.2. The molecule has 1 saturated heterocycles. The summed E-state index contributed by atoms with van der Waals surface area (Å²) < 4.78 is 45.2. The summed E-state index contributed by atoms with van der Waals surface area (Å²) in [6, 6.07) is 12.3. The van der Waals surface area contributed by atoms with Crippen molar-refractivity contribution in [1.29, 1.82) is 0 Å². The smallest absolute Gasteiger partial charge is 0.243 e. The summed E-state index contributed by atoms with van der Waals surface area (Å²) in [6.45, 7) is 4.61. The first-order valence-electron chi connectivity index (χ1n) is 10.4. The number of hydrogen-bond donors (Lipinski definition) is 1. The van der Waals surface area contributed by atoms with E-state index in [1.165, 1.54) is 16.4 Å². The van der Waals surface area contributed by atoms with Gasteiger partial charge in [-0.25, -0.2) is 12.8 Å². The average Bonchev–Trinajstić information content (AvgIpc) is 2.77. The molecule has 0 aromatic heterocycles. The summed E-state index contributed by atoms with van der Waals surface area (Å²) in [5.41, 5.74) is 1.00. The summed E-state index contributed by atoms with van der Waals surface area (Å²) in [7, 11) is -2.08. The number of amides is 1. The van der Waals surface area contributed by atoms with Gasteiger partial charge in [0, 0.05) is 19.0 Å². The van der Waals surface area contributed by atoms with E-state index in [0.29, 0.717) is 12.8 Å². The molecule has 6 nitrogen and oxygen atoms in total. The molecule has 0 bridgehead atoms. The van der Waals surface area contributed by atoms with Crippen molar-refractivity contribution in [3.8, 4) is 5.75 Å². The highest BCUT2D eigenvalue weighted by Gasteiger charge is 2.33. The van der Waals surface area contributed by atoms with E-state index in [9.17, 15) is 17.6 Å². The number of methoxy groups -OCH3 is 1. The fourth-order valence-electron chi connectivity index (χ4n) is 3.83. The number of rotatable bonds is 7. The molecule has 1 N–H and O–H groups in total. The van der Waals surface area contributed by atoms with Gasteiger partial charge in [0.25, 0.3) is 0 Å². The van der Waals surface area contributed by atoms with Gasteiger partial charge in [-0.1, -0.05) is 26.0 Å². The number of carbonyl (C=O) groups excluding carboxylic acids is 1. The predicted molar refractivity (Wildman–Crippen MR) is 117 cm³/mol. The fourth-order valence-corrected chi connectivity index (χ4v) is 5.30. The zero-order valence-corrected chi connectivity index (χ0v) is 18.9. The summed E-state index contributed by atoms with van der Waals surface area (Å²) in [5, 5.41) is 3.14. The molecule has 0 spiro atoms. The number of ether oxygens (including phenoxy) is 1. The van der Waals surface area contributed by atoms with Crippen LogP contribution in [0.5, 0.6) is 5.75 Å². The van der Waals surface area contributed by atoms with Crippen molar-refractivity contribution in [2.45, 2.75) is 37.6 Å². The van der Waals surface area contributed by atoms with Crippen molar-refractivity contribution in [3.05, 3.63) is 59.9 Å². The van der Waals surface area contributed by atoms with Crippen LogP contribution in [0.3, 0.4) is 0 Å². The minimum absolute atomic E-state index is 0.0617. The van der Waals surface area contributed by atoms with Crippen LogP contribution in [0.2, 0.25) is 0 Å². The molecule has 0 aliphatic carbocycles. The Hall–Kier alpha value is -2.45. The fraction of sp³-hybridized carbons (Fsp3) is 0.435. The maximum absolute atomic E-state index is 13.1. The molecule has 0 saturated carbocycles. The molecule has 1 unspecified atom stereocenters. The van der Waals surface area contributed by atoms with Crippen molar-refractivity contribution in [1.82, 2.24) is 9.62 Å². The second-order valence-electron chi connectivity index (χ2n) is 8.14. The Kier molecular flexibility index (Phi) is 7.33. The second kappa shape index (κ2) is 9.78. The number of carbonyl (C=O) groups is 1. The van der Waals surface area contributed by atoms with Crippen LogP contribution in [0.4, 0.5) is 4.39 Å². The molecule has 1 atom stereocenters. The van der Waals surface area contributed by atoms with Crippen LogP contribution in [-0.4, -0.2) is 38.8 Å². The number of benzene rings is 2. The first-order valence-corrected chi connectivity index (χ1v) is 11.9. The van der Waals surface area contributed by atoms with E-state index in [1.54, 1.807) is 7.11 Å². The van der Waals surface area contributed by atoms with Crippen LogP contribution in [0.1, 0.15) is 38.3 Å². The van der Waals surface area contributed by atoms with E-state index >= 15 is 0 Å². The van der Waals surface area contributed by atoms with Gasteiger partial charge in [0.1, 0.15) is 11.6 Å². The minimum atomic E-state index is -3.69. The Labute approximate surface area is 183 Å². The molecular formula is C23H29FN2O4S. The molecule has 1 fully saturated rings. The van der Waals surface area contributed by atoms with Gasteiger partial charge in [-0.2, -0.15) is 4.31 Å². The van der Waals surface area contributed by atoms with Crippen LogP contribution in [0.25, 0.3) is 0 Å². The van der Waals surface area contributed by atoms with Gasteiger partial charge in [0.2, 0.25) is 15.9 Å². The van der Waals surface area contributed by atoms with Gasteiger partial charge in [0.05, 0.1) is 18.0 Å². The number of halogens is 1. The van der Waals surface area contributed by atoms with Gasteiger partial charge in [0.15, 0.2) is 0 Å². The molecule has 8 heteroatoms. The van der Waals surface area contributed by atoms with Crippen LogP contribution in [-0.2, 0) is 14.8 Å². The lowest BCUT2D eigenvalue weighted by molar-refractivity contribution is -0.127. The second-order valence-corrected chi connectivity index (χ2v) is 10.1. The van der Waals surface area contributed by atoms with Crippen molar-refractivity contribution >= 4 is 15.9 Å². The quantitative estimate of drug-likeness (QED) is 0.700. The summed E-state index contributed by atoms with van der Waals surface area (Å²) >= 11 is 0. The lowest BCUT2D eigenvalue weighted by Gasteiger charge is -2.32. The largest absolute Gasteiger partial charge is 0.497 e. The van der Waals surface area contributed by atoms with E-state index in [2.05, 4.69) is 5.32 Å². The third-order valence-electron chi connectivity index (χ3n) is 5.72. The zero-order chi connectivity index (χ0) is 22.6. The summed E-state index contributed by atoms with van der Waals surface area (Å²) in [6.07, 6.45) is 0.888. The molecular weight excluding hydrogens is 419 g/mol. The van der Waals surface area contributed by atoms with Gasteiger partial charge in [-0.05, 0) is 60.7 Å². The maximum Gasteiger partial charge on any atom is 0.243 e. The van der Waals surface area contributed by atoms with E-state index < -0.39 is 15.8 Å². The standard InChI is InChI=1S/C23H29FN2O4S/c1-16(2)22(17-4-8-20(30-3)9-5-17)25-23(27)18-12-14-26(15-13-18)31(28,29)21-10-6-19(24)7-11-21/h4-11,16,18,22H,12-15H2,1-3H3,(H,25,27). The average molecular weight is 449 g/mol. The Morgan fingerprint density at radius 2 is 1.65 bits per heavy atom. The molecule has 2 aromatic rings. The van der Waals surface area contributed by atoms with Crippen molar-refractivity contribution in [2.75, 3.05) is 20.2 Å². The van der Waals surface area contributed by atoms with Crippen LogP contribution in [0.15, 0.2) is 53.4 Å². The zero-order valence-electron chi connectivity index (χ0n) is 18.0. The number of nitrogens with zero attached hydrogens (tertiary/aromatic N) is 1. The van der Waals surface area contributed by atoms with Gasteiger partial charge < -0.3 is 10.1 Å². The summed E-state index contributed by atoms with van der Waals surface area (Å²) in [5.74, 6) is 0.155. The van der Waals surface area contributed by atoms with Gasteiger partial charge in [-0.15, -0.1) is 0 Å². The molecule has 168 valence electrons. The molecule has 1 heterocycles. The van der Waals surface area contributed by atoms with E-state index in [4.69, 9.17) is 4.74 Å². The number of nitrogens with one attached hydrogen (secondary N) is 1. The lowest BCUT2D eigenvalue weighted by atomic mass is 9.92. The SMILES string of the molecule is COc1ccc(C(NC(=O)C2CCN(S(=O)(=O)c3ccc(F)cc3)CC2)C(C)C)cc1. The summed E-state index contributed by atoms with van der Waals surface area (Å²) in [4.78, 5) is 13.0. The first-order chi connectivity index (χ1) is 14.7. The Morgan fingerprint density at radius 1 is 1.06 bits per heavy atom. The number of sulfonamides is 1. The van der Waals surface area contributed by atoms with Gasteiger partial charge >= 0.3 is 0 Å². The molecule has 1 aliphatic heterocycles. The Morgan fingerprint density at radius 3 is 2.16 bits per heavy atom. The molecule has 1 amide bonds. The Bertz CT molecular complexity index is 983. The van der Waals surface area contributed by atoms with E-state index in [1.807, 2.05) is 38.1 Å². The van der Waals surface area contributed by atoms with Crippen LogP contribution >= 0.6 is 0 Å². The minimum Gasteiger partial charge on any atom is -0.497 e. The molecule has 31 heavy (non-hydrogen) atoms. The third-order valence-corrected chi connectivity index (χ3v) is 7.63. The topological polar surface area (TPSA) is 75.7 Å². The monoisotopic (exact) mass is 448 g/mol. The number of hydrogen-bond acceptors (Lipinski definition) is 4. The highest BCUT2D eigenvalue weighted by molar-refractivity contribution is 7.89. The van der Waals surface area contributed by atoms with E-state index in [0.717, 1.165) is 23.4 Å². The third kappa shape index (κ3) is 5.43. The van der Waals surface area contributed by atoms with Crippen molar-refractivity contribution in [2.24, 2.45) is 11.8 Å². The lowest BCUT2D eigenvalue weighted by Crippen LogP contribution is -2.44. The predicted octanol–water partition coefficient (Wildman–Crippen LogP) is 3.75. The van der Waals surface area contributed by atoms with Crippen molar-refractivity contribution < 1.29 is 22.3 Å². The maximum atomic E-state index is 13.1. The van der Waals surface area contributed by atoms with Crippen LogP contribution < -0.4 is 10.1 Å². The highest BCUT2D eigenvalue weighted by Crippen LogP contribution is 2.27. The normalized spacial score (nSPS) is 16.8. The molecule has 2 aromatic carbocycles. The van der Waals surface area contributed by atoms with Crippen molar-refractivity contribution in [3.63, 3.8) is 0 Å². The van der Waals surface area contributed by atoms with Crippen LogP contribution in [0, 0.1) is 17.7 Å².